The normalized spacial score (nSPS) is 23.8. The lowest BCUT2D eigenvalue weighted by molar-refractivity contribution is -0.155. The topological polar surface area (TPSA) is 50.8 Å². The van der Waals surface area contributed by atoms with Crippen LogP contribution < -0.4 is 5.32 Å². The second-order valence-corrected chi connectivity index (χ2v) is 6.89. The SMILES string of the molecule is CC(C)(C)OC(=O)CCN1CCC2(CC1)CNCCO2. The fourth-order valence-electron chi connectivity index (χ4n) is 2.85. The molecule has 20 heavy (non-hydrogen) atoms. The number of rotatable bonds is 3. The van der Waals surface area contributed by atoms with Crippen LogP contribution in [0.1, 0.15) is 40.0 Å². The molecule has 5 heteroatoms. The highest BCUT2D eigenvalue weighted by molar-refractivity contribution is 5.70. The van der Waals surface area contributed by atoms with E-state index in [2.05, 4.69) is 10.2 Å². The van der Waals surface area contributed by atoms with E-state index >= 15 is 0 Å². The first kappa shape index (κ1) is 15.7. The van der Waals surface area contributed by atoms with Gasteiger partial charge in [0.1, 0.15) is 5.60 Å². The molecule has 2 fully saturated rings. The van der Waals surface area contributed by atoms with E-state index in [9.17, 15) is 4.79 Å². The molecule has 0 aromatic rings. The van der Waals surface area contributed by atoms with E-state index in [1.165, 1.54) is 0 Å². The van der Waals surface area contributed by atoms with E-state index in [0.717, 1.165) is 52.2 Å². The summed E-state index contributed by atoms with van der Waals surface area (Å²) in [6, 6.07) is 0. The molecule has 2 aliphatic heterocycles. The van der Waals surface area contributed by atoms with E-state index in [0.29, 0.717) is 6.42 Å². The third-order valence-corrected chi connectivity index (χ3v) is 3.95. The summed E-state index contributed by atoms with van der Waals surface area (Å²) in [7, 11) is 0. The summed E-state index contributed by atoms with van der Waals surface area (Å²) in [5, 5.41) is 3.42. The van der Waals surface area contributed by atoms with Gasteiger partial charge in [-0.2, -0.15) is 0 Å². The van der Waals surface area contributed by atoms with Crippen molar-refractivity contribution in [2.24, 2.45) is 0 Å². The van der Waals surface area contributed by atoms with Crippen LogP contribution >= 0.6 is 0 Å². The van der Waals surface area contributed by atoms with E-state index in [1.807, 2.05) is 20.8 Å². The number of hydrogen-bond donors (Lipinski definition) is 1. The smallest absolute Gasteiger partial charge is 0.307 e. The third kappa shape index (κ3) is 4.72. The fourth-order valence-corrected chi connectivity index (χ4v) is 2.85. The van der Waals surface area contributed by atoms with Gasteiger partial charge in [-0.1, -0.05) is 0 Å². The molecule has 1 N–H and O–H groups in total. The Labute approximate surface area is 122 Å². The van der Waals surface area contributed by atoms with Gasteiger partial charge in [-0.05, 0) is 33.6 Å². The summed E-state index contributed by atoms with van der Waals surface area (Å²) in [6.45, 7) is 11.3. The first-order valence-electron chi connectivity index (χ1n) is 7.68. The lowest BCUT2D eigenvalue weighted by atomic mass is 9.90. The van der Waals surface area contributed by atoms with Crippen molar-refractivity contribution in [3.05, 3.63) is 0 Å². The Balaban J connectivity index is 1.68. The van der Waals surface area contributed by atoms with Gasteiger partial charge in [0.15, 0.2) is 0 Å². The number of morpholine rings is 1. The predicted octanol–water partition coefficient (Wildman–Crippen LogP) is 1.17. The average molecular weight is 284 g/mol. The average Bonchev–Trinajstić information content (AvgIpc) is 2.37. The summed E-state index contributed by atoms with van der Waals surface area (Å²) in [6.07, 6.45) is 2.58. The van der Waals surface area contributed by atoms with Crippen molar-refractivity contribution in [1.82, 2.24) is 10.2 Å². The van der Waals surface area contributed by atoms with Crippen LogP contribution in [0.3, 0.4) is 0 Å². The molecule has 116 valence electrons. The van der Waals surface area contributed by atoms with Crippen LogP contribution in [0.15, 0.2) is 0 Å². The van der Waals surface area contributed by atoms with Gasteiger partial charge in [0.2, 0.25) is 0 Å². The predicted molar refractivity (Wildman–Crippen MR) is 77.7 cm³/mol. The minimum atomic E-state index is -0.384. The van der Waals surface area contributed by atoms with E-state index in [4.69, 9.17) is 9.47 Å². The summed E-state index contributed by atoms with van der Waals surface area (Å²) in [4.78, 5) is 14.1. The zero-order valence-electron chi connectivity index (χ0n) is 13.0. The molecule has 2 aliphatic rings. The van der Waals surface area contributed by atoms with Gasteiger partial charge in [0.05, 0.1) is 18.6 Å². The first-order valence-corrected chi connectivity index (χ1v) is 7.68. The summed E-state index contributed by atoms with van der Waals surface area (Å²) >= 11 is 0. The van der Waals surface area contributed by atoms with E-state index in [-0.39, 0.29) is 17.2 Å². The van der Waals surface area contributed by atoms with Gasteiger partial charge >= 0.3 is 5.97 Å². The van der Waals surface area contributed by atoms with Crippen LogP contribution in [0.5, 0.6) is 0 Å². The zero-order valence-corrected chi connectivity index (χ0v) is 13.0. The van der Waals surface area contributed by atoms with Crippen LogP contribution in [-0.2, 0) is 14.3 Å². The number of carbonyl (C=O) groups is 1. The number of piperidine rings is 1. The Morgan fingerprint density at radius 2 is 2.05 bits per heavy atom. The van der Waals surface area contributed by atoms with Gasteiger partial charge in [0.25, 0.3) is 0 Å². The Kier molecular flexibility index (Phi) is 5.04. The maximum Gasteiger partial charge on any atom is 0.307 e. The minimum absolute atomic E-state index is 0.0423. The van der Waals surface area contributed by atoms with Crippen molar-refractivity contribution in [1.29, 1.82) is 0 Å². The molecule has 0 atom stereocenters. The summed E-state index contributed by atoms with van der Waals surface area (Å²) in [5.74, 6) is -0.103. The highest BCUT2D eigenvalue weighted by Crippen LogP contribution is 2.27. The molecular formula is C15H28N2O3. The minimum Gasteiger partial charge on any atom is -0.460 e. The quantitative estimate of drug-likeness (QED) is 0.789. The van der Waals surface area contributed by atoms with Crippen molar-refractivity contribution in [2.75, 3.05) is 39.3 Å². The van der Waals surface area contributed by atoms with Gasteiger partial charge in [0, 0.05) is 32.7 Å². The second-order valence-electron chi connectivity index (χ2n) is 6.89. The number of nitrogens with one attached hydrogen (secondary N) is 1. The Hall–Kier alpha value is -0.650. The van der Waals surface area contributed by atoms with Crippen molar-refractivity contribution in [2.45, 2.75) is 51.2 Å². The molecule has 0 unspecified atom stereocenters. The number of likely N-dealkylation sites (tertiary alicyclic amines) is 1. The molecule has 0 aromatic carbocycles. The highest BCUT2D eigenvalue weighted by Gasteiger charge is 2.36. The van der Waals surface area contributed by atoms with Gasteiger partial charge in [-0.15, -0.1) is 0 Å². The molecule has 2 saturated heterocycles. The number of hydrogen-bond acceptors (Lipinski definition) is 5. The molecule has 5 nitrogen and oxygen atoms in total. The fraction of sp³-hybridized carbons (Fsp3) is 0.933. The number of ether oxygens (including phenoxy) is 2. The molecule has 0 aliphatic carbocycles. The molecule has 0 saturated carbocycles. The van der Waals surface area contributed by atoms with Crippen LogP contribution in [0, 0.1) is 0 Å². The maximum absolute atomic E-state index is 11.7. The maximum atomic E-state index is 11.7. The van der Waals surface area contributed by atoms with Crippen LogP contribution in [0.2, 0.25) is 0 Å². The van der Waals surface area contributed by atoms with Gasteiger partial charge in [-0.3, -0.25) is 4.79 Å². The zero-order chi connectivity index (χ0) is 14.6. The molecule has 1 spiro atoms. The molecule has 2 heterocycles. The second kappa shape index (κ2) is 6.41. The first-order chi connectivity index (χ1) is 9.39. The number of esters is 1. The lowest BCUT2D eigenvalue weighted by Gasteiger charge is -2.44. The lowest BCUT2D eigenvalue weighted by Crippen LogP contribution is -2.55. The number of nitrogens with zero attached hydrogens (tertiary/aromatic N) is 1. The monoisotopic (exact) mass is 284 g/mol. The van der Waals surface area contributed by atoms with Crippen molar-refractivity contribution >= 4 is 5.97 Å². The summed E-state index contributed by atoms with van der Waals surface area (Å²) < 4.78 is 11.3. The Morgan fingerprint density at radius 1 is 1.35 bits per heavy atom. The van der Waals surface area contributed by atoms with Crippen LogP contribution in [0.4, 0.5) is 0 Å². The van der Waals surface area contributed by atoms with E-state index in [1.54, 1.807) is 0 Å². The molecule has 0 aromatic heterocycles. The molecule has 0 radical (unpaired) electrons. The van der Waals surface area contributed by atoms with Crippen molar-refractivity contribution < 1.29 is 14.3 Å². The Bertz CT molecular complexity index is 323. The van der Waals surface area contributed by atoms with Crippen LogP contribution in [0.25, 0.3) is 0 Å². The highest BCUT2D eigenvalue weighted by atomic mass is 16.6. The molecular weight excluding hydrogens is 256 g/mol. The van der Waals surface area contributed by atoms with Crippen molar-refractivity contribution in [3.63, 3.8) is 0 Å². The largest absolute Gasteiger partial charge is 0.460 e. The molecule has 0 amide bonds. The third-order valence-electron chi connectivity index (χ3n) is 3.95. The standard InChI is InChI=1S/C15H28N2O3/c1-14(2,3)20-13(18)4-8-17-9-5-15(6-10-17)12-16-7-11-19-15/h16H,4-12H2,1-3H3. The van der Waals surface area contributed by atoms with Gasteiger partial charge in [-0.25, -0.2) is 0 Å². The summed E-state index contributed by atoms with van der Waals surface area (Å²) in [5.41, 5.74) is -0.342. The van der Waals surface area contributed by atoms with Crippen molar-refractivity contribution in [3.8, 4) is 0 Å². The van der Waals surface area contributed by atoms with Crippen LogP contribution in [-0.4, -0.2) is 61.4 Å². The molecule has 0 bridgehead atoms. The van der Waals surface area contributed by atoms with Gasteiger partial charge < -0.3 is 19.7 Å². The van der Waals surface area contributed by atoms with E-state index < -0.39 is 0 Å². The Morgan fingerprint density at radius 3 is 2.60 bits per heavy atom. The molecule has 2 rings (SSSR count). The number of carbonyl (C=O) groups excluding carboxylic acids is 1.